The third-order valence-electron chi connectivity index (χ3n) is 2.85. The largest absolute Gasteiger partial charge is 0.311 e. The van der Waals surface area contributed by atoms with E-state index in [1.54, 1.807) is 35.1 Å². The summed E-state index contributed by atoms with van der Waals surface area (Å²) in [5.41, 5.74) is 0. The van der Waals surface area contributed by atoms with Crippen LogP contribution in [0.25, 0.3) is 0 Å². The van der Waals surface area contributed by atoms with Crippen molar-refractivity contribution in [3.8, 4) is 0 Å². The van der Waals surface area contributed by atoms with Crippen LogP contribution in [-0.4, -0.2) is 21.4 Å². The number of aromatic nitrogens is 2. The van der Waals surface area contributed by atoms with Gasteiger partial charge in [0, 0.05) is 29.2 Å². The van der Waals surface area contributed by atoms with Crippen molar-refractivity contribution >= 4 is 23.5 Å². The van der Waals surface area contributed by atoms with Crippen molar-refractivity contribution < 1.29 is 9.18 Å². The third-order valence-corrected chi connectivity index (χ3v) is 3.90. The Morgan fingerprint density at radius 2 is 2.14 bits per heavy atom. The van der Waals surface area contributed by atoms with E-state index < -0.39 is 0 Å². The molecular weight excluding hydrogens is 289 g/mol. The lowest BCUT2D eigenvalue weighted by molar-refractivity contribution is -0.115. The van der Waals surface area contributed by atoms with E-state index in [1.807, 2.05) is 13.8 Å². The Balaban J connectivity index is 1.83. The molecule has 1 amide bonds. The summed E-state index contributed by atoms with van der Waals surface area (Å²) in [5, 5.41) is 6.98. The quantitative estimate of drug-likeness (QED) is 0.827. The molecule has 1 aromatic heterocycles. The van der Waals surface area contributed by atoms with E-state index in [9.17, 15) is 9.18 Å². The van der Waals surface area contributed by atoms with Gasteiger partial charge in [-0.05, 0) is 26.0 Å². The van der Waals surface area contributed by atoms with Gasteiger partial charge < -0.3 is 5.32 Å². The number of carbonyl (C=O) groups excluding carboxylic acids is 1. The first-order chi connectivity index (χ1) is 10.1. The molecular formula is C15H18FN3OS. The van der Waals surface area contributed by atoms with Gasteiger partial charge in [-0.3, -0.25) is 4.79 Å². The fraction of sp³-hybridized carbons (Fsp3) is 0.333. The standard InChI is InChI=1S/C15H18FN3OS/c1-11(2)19-14(7-9-17-19)18-15(20)8-10-21-13-6-4-3-5-12(13)16/h3-7,9,11H,8,10H2,1-2H3,(H,18,20). The number of benzene rings is 1. The normalized spacial score (nSPS) is 10.9. The molecule has 1 heterocycles. The van der Waals surface area contributed by atoms with Crippen molar-refractivity contribution in [3.63, 3.8) is 0 Å². The minimum atomic E-state index is -0.249. The molecule has 0 spiro atoms. The summed E-state index contributed by atoms with van der Waals surface area (Å²) in [7, 11) is 0. The second kappa shape index (κ2) is 7.26. The molecule has 21 heavy (non-hydrogen) atoms. The van der Waals surface area contributed by atoms with Gasteiger partial charge in [-0.15, -0.1) is 11.8 Å². The third kappa shape index (κ3) is 4.32. The molecule has 0 unspecified atom stereocenters. The lowest BCUT2D eigenvalue weighted by Crippen LogP contribution is -2.16. The minimum absolute atomic E-state index is 0.0961. The Morgan fingerprint density at radius 3 is 2.86 bits per heavy atom. The average Bonchev–Trinajstić information content (AvgIpc) is 2.89. The van der Waals surface area contributed by atoms with Crippen molar-refractivity contribution in [1.29, 1.82) is 0 Å². The second-order valence-corrected chi connectivity index (χ2v) is 5.97. The van der Waals surface area contributed by atoms with Gasteiger partial charge in [0.1, 0.15) is 11.6 Å². The monoisotopic (exact) mass is 307 g/mol. The van der Waals surface area contributed by atoms with Crippen molar-refractivity contribution in [1.82, 2.24) is 9.78 Å². The molecule has 2 aromatic rings. The SMILES string of the molecule is CC(C)n1nccc1NC(=O)CCSc1ccccc1F. The van der Waals surface area contributed by atoms with E-state index in [2.05, 4.69) is 10.4 Å². The highest BCUT2D eigenvalue weighted by Crippen LogP contribution is 2.22. The van der Waals surface area contributed by atoms with Crippen molar-refractivity contribution in [3.05, 3.63) is 42.3 Å². The van der Waals surface area contributed by atoms with Crippen LogP contribution in [0.3, 0.4) is 0 Å². The Kier molecular flexibility index (Phi) is 5.38. The number of rotatable bonds is 6. The van der Waals surface area contributed by atoms with E-state index in [1.165, 1.54) is 17.8 Å². The molecule has 4 nitrogen and oxygen atoms in total. The molecule has 0 saturated heterocycles. The van der Waals surface area contributed by atoms with Crippen LogP contribution in [0.1, 0.15) is 26.3 Å². The van der Waals surface area contributed by atoms with E-state index in [0.29, 0.717) is 22.9 Å². The van der Waals surface area contributed by atoms with Crippen LogP contribution in [-0.2, 0) is 4.79 Å². The molecule has 0 fully saturated rings. The van der Waals surface area contributed by atoms with Gasteiger partial charge in [0.2, 0.25) is 5.91 Å². The van der Waals surface area contributed by atoms with Crippen molar-refractivity contribution in [2.24, 2.45) is 0 Å². The van der Waals surface area contributed by atoms with Crippen LogP contribution < -0.4 is 5.32 Å². The zero-order valence-corrected chi connectivity index (χ0v) is 12.9. The van der Waals surface area contributed by atoms with Gasteiger partial charge in [-0.1, -0.05) is 12.1 Å². The summed E-state index contributed by atoms with van der Waals surface area (Å²) >= 11 is 1.34. The average molecular weight is 307 g/mol. The summed E-state index contributed by atoms with van der Waals surface area (Å²) in [6, 6.07) is 8.52. The molecule has 0 saturated carbocycles. The van der Waals surface area contributed by atoms with Crippen LogP contribution in [0.15, 0.2) is 41.4 Å². The number of halogens is 1. The Bertz CT molecular complexity index is 612. The number of hydrogen-bond donors (Lipinski definition) is 1. The van der Waals surface area contributed by atoms with E-state index in [4.69, 9.17) is 0 Å². The van der Waals surface area contributed by atoms with Gasteiger partial charge >= 0.3 is 0 Å². The molecule has 2 rings (SSSR count). The molecule has 0 bridgehead atoms. The Morgan fingerprint density at radius 1 is 1.38 bits per heavy atom. The molecule has 6 heteroatoms. The maximum Gasteiger partial charge on any atom is 0.226 e. The summed E-state index contributed by atoms with van der Waals surface area (Å²) in [4.78, 5) is 12.5. The van der Waals surface area contributed by atoms with Gasteiger partial charge in [0.15, 0.2) is 0 Å². The van der Waals surface area contributed by atoms with Crippen molar-refractivity contribution in [2.75, 3.05) is 11.1 Å². The van der Waals surface area contributed by atoms with Gasteiger partial charge in [0.05, 0.1) is 6.20 Å². The zero-order chi connectivity index (χ0) is 15.2. The minimum Gasteiger partial charge on any atom is -0.311 e. The number of amides is 1. The molecule has 112 valence electrons. The molecule has 0 aliphatic heterocycles. The zero-order valence-electron chi connectivity index (χ0n) is 12.0. The lowest BCUT2D eigenvalue weighted by atomic mass is 10.3. The fourth-order valence-corrected chi connectivity index (χ4v) is 2.73. The first-order valence-corrected chi connectivity index (χ1v) is 7.77. The van der Waals surface area contributed by atoms with E-state index in [-0.39, 0.29) is 17.8 Å². The summed E-state index contributed by atoms with van der Waals surface area (Å²) in [5.74, 6) is 0.871. The highest BCUT2D eigenvalue weighted by molar-refractivity contribution is 7.99. The maximum absolute atomic E-state index is 13.4. The predicted molar refractivity (Wildman–Crippen MR) is 83.0 cm³/mol. The number of anilines is 1. The first kappa shape index (κ1) is 15.6. The number of carbonyl (C=O) groups is 1. The first-order valence-electron chi connectivity index (χ1n) is 6.78. The van der Waals surface area contributed by atoms with Crippen LogP contribution >= 0.6 is 11.8 Å². The number of thioether (sulfide) groups is 1. The van der Waals surface area contributed by atoms with E-state index >= 15 is 0 Å². The summed E-state index contributed by atoms with van der Waals surface area (Å²) in [6.07, 6.45) is 1.98. The Labute approximate surface area is 127 Å². The highest BCUT2D eigenvalue weighted by Gasteiger charge is 2.10. The van der Waals surface area contributed by atoms with Crippen LogP contribution in [0.4, 0.5) is 10.2 Å². The van der Waals surface area contributed by atoms with Crippen LogP contribution in [0, 0.1) is 5.82 Å². The van der Waals surface area contributed by atoms with Crippen LogP contribution in [0.2, 0.25) is 0 Å². The number of hydrogen-bond acceptors (Lipinski definition) is 3. The maximum atomic E-state index is 13.4. The number of nitrogens with one attached hydrogen (secondary N) is 1. The summed E-state index contributed by atoms with van der Waals surface area (Å²) in [6.45, 7) is 3.99. The second-order valence-electron chi connectivity index (χ2n) is 4.83. The molecule has 0 radical (unpaired) electrons. The van der Waals surface area contributed by atoms with Crippen LogP contribution in [0.5, 0.6) is 0 Å². The van der Waals surface area contributed by atoms with Gasteiger partial charge in [0.25, 0.3) is 0 Å². The molecule has 1 aromatic carbocycles. The molecule has 0 aliphatic carbocycles. The fourth-order valence-electron chi connectivity index (χ4n) is 1.85. The van der Waals surface area contributed by atoms with Crippen molar-refractivity contribution in [2.45, 2.75) is 31.2 Å². The molecule has 0 atom stereocenters. The predicted octanol–water partition coefficient (Wildman–Crippen LogP) is 3.72. The lowest BCUT2D eigenvalue weighted by Gasteiger charge is -2.11. The topological polar surface area (TPSA) is 46.9 Å². The van der Waals surface area contributed by atoms with Gasteiger partial charge in [-0.2, -0.15) is 5.10 Å². The van der Waals surface area contributed by atoms with Gasteiger partial charge in [-0.25, -0.2) is 9.07 Å². The highest BCUT2D eigenvalue weighted by atomic mass is 32.2. The molecule has 0 aliphatic rings. The number of nitrogens with zero attached hydrogens (tertiary/aromatic N) is 2. The Hall–Kier alpha value is -1.82. The summed E-state index contributed by atoms with van der Waals surface area (Å²) < 4.78 is 15.2. The smallest absolute Gasteiger partial charge is 0.226 e. The van der Waals surface area contributed by atoms with E-state index in [0.717, 1.165) is 0 Å². The molecule has 1 N–H and O–H groups in total.